The maximum absolute atomic E-state index is 11.9. The largest absolute Gasteiger partial charge is 0.402 e. The number of aliphatic imine (C=N–C) groups is 1. The molecule has 3 rings (SSSR count). The second kappa shape index (κ2) is 5.59. The molecule has 3 heteroatoms. The van der Waals surface area contributed by atoms with E-state index < -0.39 is 5.97 Å². The minimum absolute atomic E-state index is 0.266. The van der Waals surface area contributed by atoms with E-state index in [2.05, 4.69) is 11.6 Å². The summed E-state index contributed by atoms with van der Waals surface area (Å²) in [6, 6.07) is 19.0. The third kappa shape index (κ3) is 2.82. The minimum atomic E-state index is -0.453. The fourth-order valence-corrected chi connectivity index (χ4v) is 2.01. The van der Waals surface area contributed by atoms with Gasteiger partial charge in [-0.3, -0.25) is 0 Å². The molecular formula is C18H13NO2. The van der Waals surface area contributed by atoms with Crippen LogP contribution in [0.5, 0.6) is 0 Å². The predicted octanol–water partition coefficient (Wildman–Crippen LogP) is 3.59. The summed E-state index contributed by atoms with van der Waals surface area (Å²) in [6.45, 7) is 3.97. The molecule has 1 aliphatic rings. The Balaban J connectivity index is 1.89. The first-order valence-corrected chi connectivity index (χ1v) is 6.56. The van der Waals surface area contributed by atoms with Crippen molar-refractivity contribution in [1.29, 1.82) is 0 Å². The second-order valence-corrected chi connectivity index (χ2v) is 4.59. The summed E-state index contributed by atoms with van der Waals surface area (Å²) in [5.74, 6) is -0.126. The van der Waals surface area contributed by atoms with Crippen LogP contribution in [0, 0.1) is 0 Å². The highest BCUT2D eigenvalue weighted by Gasteiger charge is 2.24. The molecule has 0 aromatic heterocycles. The van der Waals surface area contributed by atoms with E-state index in [-0.39, 0.29) is 5.70 Å². The Hall–Kier alpha value is -2.94. The molecule has 1 aliphatic heterocycles. The summed E-state index contributed by atoms with van der Waals surface area (Å²) < 4.78 is 5.20. The van der Waals surface area contributed by atoms with Crippen LogP contribution in [0.2, 0.25) is 0 Å². The molecule has 0 N–H and O–H groups in total. The quantitative estimate of drug-likeness (QED) is 0.634. The number of benzene rings is 2. The average molecular weight is 275 g/mol. The van der Waals surface area contributed by atoms with Gasteiger partial charge in [0.15, 0.2) is 5.70 Å². The standard InChI is InChI=1S/C18H13NO2/c1-13(14-8-4-2-5-9-14)12-16-18(20)21-17(19-16)15-10-6-3-7-11-15/h2-12H,1H2/b16-12+. The van der Waals surface area contributed by atoms with Crippen LogP contribution in [-0.4, -0.2) is 11.9 Å². The van der Waals surface area contributed by atoms with Gasteiger partial charge in [-0.25, -0.2) is 9.79 Å². The average Bonchev–Trinajstić information content (AvgIpc) is 2.90. The molecule has 0 saturated heterocycles. The van der Waals surface area contributed by atoms with Crippen molar-refractivity contribution in [2.24, 2.45) is 4.99 Å². The second-order valence-electron chi connectivity index (χ2n) is 4.59. The molecule has 0 amide bonds. The molecule has 3 nitrogen and oxygen atoms in total. The first-order chi connectivity index (χ1) is 10.2. The van der Waals surface area contributed by atoms with E-state index in [1.54, 1.807) is 6.08 Å². The summed E-state index contributed by atoms with van der Waals surface area (Å²) in [7, 11) is 0. The third-order valence-corrected chi connectivity index (χ3v) is 3.10. The Morgan fingerprint density at radius 3 is 2.29 bits per heavy atom. The lowest BCUT2D eigenvalue weighted by atomic mass is 10.1. The number of cyclic esters (lactones) is 1. The van der Waals surface area contributed by atoms with Gasteiger partial charge >= 0.3 is 5.97 Å². The van der Waals surface area contributed by atoms with Crippen LogP contribution < -0.4 is 0 Å². The normalized spacial score (nSPS) is 15.7. The number of carbonyl (C=O) groups excluding carboxylic acids is 1. The van der Waals surface area contributed by atoms with Gasteiger partial charge in [-0.2, -0.15) is 0 Å². The molecule has 0 atom stereocenters. The molecule has 2 aromatic carbocycles. The number of hydrogen-bond donors (Lipinski definition) is 0. The maximum atomic E-state index is 11.9. The summed E-state index contributed by atoms with van der Waals surface area (Å²) in [6.07, 6.45) is 1.65. The Morgan fingerprint density at radius 1 is 1.00 bits per heavy atom. The number of rotatable bonds is 3. The first kappa shape index (κ1) is 13.1. The van der Waals surface area contributed by atoms with Crippen molar-refractivity contribution in [3.05, 3.63) is 90.1 Å². The summed E-state index contributed by atoms with van der Waals surface area (Å²) in [5.41, 5.74) is 2.71. The molecule has 0 radical (unpaired) electrons. The van der Waals surface area contributed by atoms with Gasteiger partial charge < -0.3 is 4.74 Å². The van der Waals surface area contributed by atoms with Gasteiger partial charge in [0.05, 0.1) is 0 Å². The zero-order chi connectivity index (χ0) is 14.7. The van der Waals surface area contributed by atoms with Crippen LogP contribution in [0.3, 0.4) is 0 Å². The Bertz CT molecular complexity index is 743. The van der Waals surface area contributed by atoms with Crippen LogP contribution >= 0.6 is 0 Å². The number of nitrogens with zero attached hydrogens (tertiary/aromatic N) is 1. The molecule has 1 heterocycles. The minimum Gasteiger partial charge on any atom is -0.402 e. The van der Waals surface area contributed by atoms with Crippen molar-refractivity contribution in [1.82, 2.24) is 0 Å². The van der Waals surface area contributed by atoms with Crippen molar-refractivity contribution in [2.75, 3.05) is 0 Å². The van der Waals surface area contributed by atoms with Crippen LogP contribution in [0.25, 0.3) is 5.57 Å². The van der Waals surface area contributed by atoms with Gasteiger partial charge in [-0.1, -0.05) is 55.1 Å². The Labute approximate surface area is 122 Å². The summed E-state index contributed by atoms with van der Waals surface area (Å²) in [5, 5.41) is 0. The smallest absolute Gasteiger partial charge is 0.363 e. The molecule has 0 saturated carbocycles. The lowest BCUT2D eigenvalue weighted by Gasteiger charge is -1.99. The fraction of sp³-hybridized carbons (Fsp3) is 0. The highest BCUT2D eigenvalue weighted by molar-refractivity contribution is 6.11. The molecule has 0 spiro atoms. The van der Waals surface area contributed by atoms with E-state index in [1.165, 1.54) is 0 Å². The third-order valence-electron chi connectivity index (χ3n) is 3.10. The topological polar surface area (TPSA) is 38.7 Å². The van der Waals surface area contributed by atoms with E-state index in [0.717, 1.165) is 16.7 Å². The van der Waals surface area contributed by atoms with Crippen molar-refractivity contribution in [3.8, 4) is 0 Å². The lowest BCUT2D eigenvalue weighted by molar-refractivity contribution is -0.130. The van der Waals surface area contributed by atoms with E-state index >= 15 is 0 Å². The SMILES string of the molecule is C=C(/C=C1/N=C(c2ccccc2)OC1=O)c1ccccc1. The number of ether oxygens (including phenoxy) is 1. The van der Waals surface area contributed by atoms with Crippen molar-refractivity contribution in [3.63, 3.8) is 0 Å². The molecule has 21 heavy (non-hydrogen) atoms. The van der Waals surface area contributed by atoms with E-state index in [9.17, 15) is 4.79 Å². The molecule has 0 bridgehead atoms. The van der Waals surface area contributed by atoms with Crippen molar-refractivity contribution >= 4 is 17.4 Å². The molecule has 2 aromatic rings. The Kier molecular flexibility index (Phi) is 3.48. The van der Waals surface area contributed by atoms with Gasteiger partial charge in [0.1, 0.15) is 0 Å². The Morgan fingerprint density at radius 2 is 1.62 bits per heavy atom. The van der Waals surface area contributed by atoms with Gasteiger partial charge in [0.25, 0.3) is 0 Å². The highest BCUT2D eigenvalue weighted by atomic mass is 16.6. The zero-order valence-corrected chi connectivity index (χ0v) is 11.3. The number of esters is 1. The number of hydrogen-bond acceptors (Lipinski definition) is 3. The molecular weight excluding hydrogens is 262 g/mol. The summed E-state index contributed by atoms with van der Waals surface area (Å²) >= 11 is 0. The summed E-state index contributed by atoms with van der Waals surface area (Å²) in [4.78, 5) is 16.1. The number of carbonyl (C=O) groups is 1. The van der Waals surface area contributed by atoms with Crippen molar-refractivity contribution < 1.29 is 9.53 Å². The van der Waals surface area contributed by atoms with E-state index in [4.69, 9.17) is 4.74 Å². The van der Waals surface area contributed by atoms with Gasteiger partial charge in [0, 0.05) is 5.56 Å². The lowest BCUT2D eigenvalue weighted by Crippen LogP contribution is -2.05. The number of allylic oxidation sites excluding steroid dienone is 2. The zero-order valence-electron chi connectivity index (χ0n) is 11.3. The monoisotopic (exact) mass is 275 g/mol. The van der Waals surface area contributed by atoms with Crippen LogP contribution in [0.1, 0.15) is 11.1 Å². The van der Waals surface area contributed by atoms with E-state index in [1.807, 2.05) is 60.7 Å². The molecule has 0 fully saturated rings. The highest BCUT2D eigenvalue weighted by Crippen LogP contribution is 2.21. The van der Waals surface area contributed by atoms with Crippen LogP contribution in [0.4, 0.5) is 0 Å². The van der Waals surface area contributed by atoms with Crippen molar-refractivity contribution in [2.45, 2.75) is 0 Å². The van der Waals surface area contributed by atoms with Gasteiger partial charge in [-0.05, 0) is 29.3 Å². The van der Waals surface area contributed by atoms with Crippen LogP contribution in [-0.2, 0) is 9.53 Å². The molecule has 0 aliphatic carbocycles. The van der Waals surface area contributed by atoms with Gasteiger partial charge in [-0.15, -0.1) is 0 Å². The van der Waals surface area contributed by atoms with Crippen LogP contribution in [0.15, 0.2) is 84.0 Å². The first-order valence-electron chi connectivity index (χ1n) is 6.56. The predicted molar refractivity (Wildman–Crippen MR) is 82.6 cm³/mol. The maximum Gasteiger partial charge on any atom is 0.363 e. The van der Waals surface area contributed by atoms with E-state index in [0.29, 0.717) is 5.90 Å². The van der Waals surface area contributed by atoms with Gasteiger partial charge in [0.2, 0.25) is 5.90 Å². The molecule has 102 valence electrons. The molecule has 0 unspecified atom stereocenters. The fourth-order valence-electron chi connectivity index (χ4n) is 2.01.